The highest BCUT2D eigenvalue weighted by Gasteiger charge is 2.12. The third kappa shape index (κ3) is 3.28. The van der Waals surface area contributed by atoms with Gasteiger partial charge in [-0.15, -0.1) is 0 Å². The van der Waals surface area contributed by atoms with Gasteiger partial charge in [-0.25, -0.2) is 4.79 Å². The van der Waals surface area contributed by atoms with Crippen molar-refractivity contribution in [1.82, 2.24) is 4.90 Å². The van der Waals surface area contributed by atoms with Crippen molar-refractivity contribution in [2.45, 2.75) is 0 Å². The maximum atomic E-state index is 11.6. The average molecular weight is 240 g/mol. The molecular weight excluding hydrogens is 226 g/mol. The van der Waals surface area contributed by atoms with Gasteiger partial charge in [0.15, 0.2) is 0 Å². The first-order valence-corrected chi connectivity index (χ1v) is 5.15. The van der Waals surface area contributed by atoms with Gasteiger partial charge < -0.3 is 9.64 Å². The van der Waals surface area contributed by atoms with Gasteiger partial charge in [-0.3, -0.25) is 0 Å². The van der Waals surface area contributed by atoms with Crippen molar-refractivity contribution >= 4 is 23.1 Å². The van der Waals surface area contributed by atoms with Crippen LogP contribution >= 0.6 is 11.6 Å². The fourth-order valence-electron chi connectivity index (χ4n) is 1.24. The van der Waals surface area contributed by atoms with Crippen molar-refractivity contribution in [2.24, 2.45) is 0 Å². The van der Waals surface area contributed by atoms with Crippen molar-refractivity contribution in [3.05, 3.63) is 41.1 Å². The largest absolute Gasteiger partial charge is 0.465 e. The van der Waals surface area contributed by atoms with Crippen molar-refractivity contribution in [1.29, 1.82) is 0 Å². The summed E-state index contributed by atoms with van der Waals surface area (Å²) in [6.45, 7) is 0. The Morgan fingerprint density at radius 3 is 2.31 bits per heavy atom. The number of carbonyl (C=O) groups excluding carboxylic acids is 1. The van der Waals surface area contributed by atoms with Crippen LogP contribution in [-0.4, -0.2) is 32.1 Å². The Kier molecular flexibility index (Phi) is 4.38. The minimum Gasteiger partial charge on any atom is -0.465 e. The summed E-state index contributed by atoms with van der Waals surface area (Å²) in [5.41, 5.74) is 1.29. The number of hydrogen-bond donors (Lipinski definition) is 0. The number of benzene rings is 1. The van der Waals surface area contributed by atoms with Gasteiger partial charge in [0.2, 0.25) is 0 Å². The highest BCUT2D eigenvalue weighted by molar-refractivity contribution is 6.30. The summed E-state index contributed by atoms with van der Waals surface area (Å²) in [7, 11) is 5.06. The molecular formula is C12H14ClNO2. The van der Waals surface area contributed by atoms with Gasteiger partial charge in [0.25, 0.3) is 0 Å². The van der Waals surface area contributed by atoms with E-state index < -0.39 is 0 Å². The van der Waals surface area contributed by atoms with Gasteiger partial charge in [0.1, 0.15) is 0 Å². The number of ether oxygens (including phenoxy) is 1. The van der Waals surface area contributed by atoms with Gasteiger partial charge in [-0.2, -0.15) is 0 Å². The first-order chi connectivity index (χ1) is 7.54. The Balaban J connectivity index is 3.11. The molecule has 0 amide bonds. The van der Waals surface area contributed by atoms with Crippen LogP contribution in [0.25, 0.3) is 5.57 Å². The first-order valence-electron chi connectivity index (χ1n) is 4.77. The SMILES string of the molecule is COC(=O)/C(=C\N(C)C)c1ccc(Cl)cc1. The second kappa shape index (κ2) is 5.56. The van der Waals surface area contributed by atoms with Crippen molar-refractivity contribution < 1.29 is 9.53 Å². The van der Waals surface area contributed by atoms with E-state index in [-0.39, 0.29) is 5.97 Å². The number of hydrogen-bond acceptors (Lipinski definition) is 3. The van der Waals surface area contributed by atoms with Crippen LogP contribution in [0, 0.1) is 0 Å². The number of halogens is 1. The molecule has 0 aromatic heterocycles. The van der Waals surface area contributed by atoms with Crippen LogP contribution in [0.1, 0.15) is 5.56 Å². The molecule has 0 saturated carbocycles. The fraction of sp³-hybridized carbons (Fsp3) is 0.250. The Morgan fingerprint density at radius 1 is 1.31 bits per heavy atom. The van der Waals surface area contributed by atoms with Crippen molar-refractivity contribution in [2.75, 3.05) is 21.2 Å². The molecule has 0 aliphatic heterocycles. The van der Waals surface area contributed by atoms with Crippen LogP contribution in [0.15, 0.2) is 30.5 Å². The molecule has 0 heterocycles. The molecule has 86 valence electrons. The lowest BCUT2D eigenvalue weighted by atomic mass is 10.1. The lowest BCUT2D eigenvalue weighted by molar-refractivity contribution is -0.133. The Bertz CT molecular complexity index is 396. The summed E-state index contributed by atoms with van der Waals surface area (Å²) in [6, 6.07) is 7.05. The van der Waals surface area contributed by atoms with E-state index in [4.69, 9.17) is 16.3 Å². The monoisotopic (exact) mass is 239 g/mol. The summed E-state index contributed by atoms with van der Waals surface area (Å²) in [5.74, 6) is -0.365. The third-order valence-electron chi connectivity index (χ3n) is 1.95. The molecule has 16 heavy (non-hydrogen) atoms. The van der Waals surface area contributed by atoms with Crippen LogP contribution in [0.4, 0.5) is 0 Å². The van der Waals surface area contributed by atoms with Gasteiger partial charge in [-0.1, -0.05) is 23.7 Å². The zero-order valence-corrected chi connectivity index (χ0v) is 10.3. The van der Waals surface area contributed by atoms with Crippen LogP contribution in [-0.2, 0) is 9.53 Å². The van der Waals surface area contributed by atoms with E-state index in [0.29, 0.717) is 10.6 Å². The van der Waals surface area contributed by atoms with Gasteiger partial charge in [0, 0.05) is 25.3 Å². The topological polar surface area (TPSA) is 29.5 Å². The highest BCUT2D eigenvalue weighted by Crippen LogP contribution is 2.19. The van der Waals surface area contributed by atoms with Crippen molar-refractivity contribution in [3.8, 4) is 0 Å². The van der Waals surface area contributed by atoms with E-state index in [1.807, 2.05) is 14.1 Å². The molecule has 0 atom stereocenters. The third-order valence-corrected chi connectivity index (χ3v) is 2.20. The molecule has 4 heteroatoms. The summed E-state index contributed by atoms with van der Waals surface area (Å²) in [5, 5.41) is 0.637. The molecule has 0 radical (unpaired) electrons. The van der Waals surface area contributed by atoms with E-state index in [1.165, 1.54) is 7.11 Å². The van der Waals surface area contributed by atoms with Gasteiger partial charge in [-0.05, 0) is 17.7 Å². The molecule has 0 saturated heterocycles. The number of methoxy groups -OCH3 is 1. The van der Waals surface area contributed by atoms with Gasteiger partial charge >= 0.3 is 5.97 Å². The lowest BCUT2D eigenvalue weighted by Gasteiger charge is -2.10. The predicted molar refractivity (Wildman–Crippen MR) is 65.1 cm³/mol. The van der Waals surface area contributed by atoms with Crippen LogP contribution in [0.3, 0.4) is 0 Å². The molecule has 1 aromatic rings. The number of nitrogens with zero attached hydrogens (tertiary/aromatic N) is 1. The predicted octanol–water partition coefficient (Wildman–Crippen LogP) is 2.42. The van der Waals surface area contributed by atoms with Crippen molar-refractivity contribution in [3.63, 3.8) is 0 Å². The normalized spacial score (nSPS) is 11.1. The van der Waals surface area contributed by atoms with Gasteiger partial charge in [0.05, 0.1) is 12.7 Å². The fourth-order valence-corrected chi connectivity index (χ4v) is 1.37. The summed E-state index contributed by atoms with van der Waals surface area (Å²) >= 11 is 5.79. The summed E-state index contributed by atoms with van der Waals surface area (Å²) in [4.78, 5) is 13.4. The molecule has 1 aromatic carbocycles. The van der Waals surface area contributed by atoms with E-state index in [9.17, 15) is 4.79 Å². The molecule has 0 bridgehead atoms. The summed E-state index contributed by atoms with van der Waals surface area (Å²) < 4.78 is 4.73. The Labute approximate surface area is 100 Å². The maximum Gasteiger partial charge on any atom is 0.339 e. The Morgan fingerprint density at radius 2 is 1.88 bits per heavy atom. The van der Waals surface area contributed by atoms with Crippen LogP contribution < -0.4 is 0 Å². The molecule has 0 N–H and O–H groups in total. The molecule has 0 fully saturated rings. The zero-order chi connectivity index (χ0) is 12.1. The van der Waals surface area contributed by atoms with E-state index in [0.717, 1.165) is 5.56 Å². The second-order valence-corrected chi connectivity index (χ2v) is 3.94. The standard InChI is InChI=1S/C12H14ClNO2/c1-14(2)8-11(12(15)16-3)9-4-6-10(13)7-5-9/h4-8H,1-3H3/b11-8-. The number of rotatable bonds is 3. The average Bonchev–Trinajstić information content (AvgIpc) is 2.26. The molecule has 0 spiro atoms. The quantitative estimate of drug-likeness (QED) is 0.599. The van der Waals surface area contributed by atoms with E-state index >= 15 is 0 Å². The molecule has 1 rings (SSSR count). The number of carbonyl (C=O) groups is 1. The van der Waals surface area contributed by atoms with E-state index in [2.05, 4.69) is 0 Å². The number of esters is 1. The van der Waals surface area contributed by atoms with E-state index in [1.54, 1.807) is 35.4 Å². The smallest absolute Gasteiger partial charge is 0.339 e. The van der Waals surface area contributed by atoms with Crippen LogP contribution in [0.2, 0.25) is 5.02 Å². The minimum atomic E-state index is -0.365. The Hall–Kier alpha value is -1.48. The first kappa shape index (κ1) is 12.6. The minimum absolute atomic E-state index is 0.365. The summed E-state index contributed by atoms with van der Waals surface area (Å²) in [6.07, 6.45) is 1.72. The maximum absolute atomic E-state index is 11.6. The second-order valence-electron chi connectivity index (χ2n) is 3.50. The zero-order valence-electron chi connectivity index (χ0n) is 9.53. The van der Waals surface area contributed by atoms with Crippen LogP contribution in [0.5, 0.6) is 0 Å². The lowest BCUT2D eigenvalue weighted by Crippen LogP contribution is -2.10. The highest BCUT2D eigenvalue weighted by atomic mass is 35.5. The molecule has 0 aliphatic carbocycles. The molecule has 3 nitrogen and oxygen atoms in total. The molecule has 0 unspecified atom stereocenters. The molecule has 0 aliphatic rings.